The van der Waals surface area contributed by atoms with Crippen molar-refractivity contribution >= 4 is 23.2 Å². The molecule has 5 aliphatic rings. The number of ketones is 2. The lowest BCUT2D eigenvalue weighted by Crippen LogP contribution is -2.63. The molecule has 5 fully saturated rings. The van der Waals surface area contributed by atoms with Crippen molar-refractivity contribution < 1.29 is 19.4 Å². The normalized spacial score (nSPS) is 57.6. The van der Waals surface area contributed by atoms with Gasteiger partial charge >= 0.3 is 0 Å². The van der Waals surface area contributed by atoms with E-state index in [9.17, 15) is 14.7 Å². The molecule has 0 aromatic heterocycles. The molecule has 4 aliphatic carbocycles. The molecule has 2 unspecified atom stereocenters. The average molecular weight is 381 g/mol. The van der Waals surface area contributed by atoms with Gasteiger partial charge in [-0.15, -0.1) is 11.6 Å². The van der Waals surface area contributed by atoms with Crippen LogP contribution in [0.5, 0.6) is 0 Å². The number of hydrogen-bond donors (Lipinski definition) is 1. The summed E-state index contributed by atoms with van der Waals surface area (Å²) in [4.78, 5) is 24.6. The van der Waals surface area contributed by atoms with Crippen molar-refractivity contribution in [3.63, 3.8) is 0 Å². The lowest BCUT2D eigenvalue weighted by atomic mass is 9.44. The van der Waals surface area contributed by atoms with Crippen LogP contribution in [0.4, 0.5) is 0 Å². The standard InChI is InChI=1S/C21H29ClO4/c1-18-7-5-13(23)9-12(18)3-4-15-14-6-8-20(25,16(24)11-22)19(14,2)10-17-21(15,18)26-17/h12,14-15,17,25H,3-11H2,1-2H3/t12?,14-,15-,17?,18-,19-,20-,21-/m0/s1. The van der Waals surface area contributed by atoms with Crippen molar-refractivity contribution in [3.8, 4) is 0 Å². The number of carbonyl (C=O) groups excluding carboxylic acids is 2. The zero-order chi connectivity index (χ0) is 18.5. The van der Waals surface area contributed by atoms with Crippen molar-refractivity contribution in [2.24, 2.45) is 28.6 Å². The van der Waals surface area contributed by atoms with Crippen LogP contribution in [0.3, 0.4) is 0 Å². The number of rotatable bonds is 2. The largest absolute Gasteiger partial charge is 0.381 e. The molecule has 8 atom stereocenters. The van der Waals surface area contributed by atoms with Crippen molar-refractivity contribution in [2.45, 2.75) is 82.5 Å². The van der Waals surface area contributed by atoms with Gasteiger partial charge in [0.2, 0.25) is 0 Å². The number of fused-ring (bicyclic) bond motifs is 3. The van der Waals surface area contributed by atoms with Crippen molar-refractivity contribution in [3.05, 3.63) is 0 Å². The zero-order valence-corrected chi connectivity index (χ0v) is 16.5. The second-order valence-electron chi connectivity index (χ2n) is 10.1. The number of halogens is 1. The van der Waals surface area contributed by atoms with E-state index in [1.807, 2.05) is 0 Å². The van der Waals surface area contributed by atoms with Gasteiger partial charge in [-0.25, -0.2) is 0 Å². The Morgan fingerprint density at radius 1 is 1.19 bits per heavy atom. The van der Waals surface area contributed by atoms with Crippen LogP contribution >= 0.6 is 11.6 Å². The van der Waals surface area contributed by atoms with Crippen LogP contribution in [0.1, 0.15) is 65.2 Å². The minimum atomic E-state index is -1.31. The van der Waals surface area contributed by atoms with Gasteiger partial charge in [0.15, 0.2) is 5.78 Å². The Balaban J connectivity index is 1.53. The van der Waals surface area contributed by atoms with E-state index in [0.29, 0.717) is 42.8 Å². The molecule has 0 aromatic carbocycles. The first-order chi connectivity index (χ1) is 12.2. The molecule has 0 amide bonds. The fraction of sp³-hybridized carbons (Fsp3) is 0.905. The number of carbonyl (C=O) groups is 2. The number of alkyl halides is 1. The fourth-order valence-electron chi connectivity index (χ4n) is 8.08. The summed E-state index contributed by atoms with van der Waals surface area (Å²) in [6.45, 7) is 4.45. The molecule has 144 valence electrons. The van der Waals surface area contributed by atoms with E-state index >= 15 is 0 Å². The zero-order valence-electron chi connectivity index (χ0n) is 15.7. The van der Waals surface area contributed by atoms with Crippen LogP contribution in [-0.2, 0) is 14.3 Å². The third kappa shape index (κ3) is 1.76. The highest BCUT2D eigenvalue weighted by atomic mass is 35.5. The maximum Gasteiger partial charge on any atom is 0.179 e. The summed E-state index contributed by atoms with van der Waals surface area (Å²) in [6.07, 6.45) is 6.68. The van der Waals surface area contributed by atoms with Gasteiger partial charge in [0.25, 0.3) is 0 Å². The maximum absolute atomic E-state index is 12.5. The first kappa shape index (κ1) is 17.6. The summed E-state index contributed by atoms with van der Waals surface area (Å²) < 4.78 is 6.52. The van der Waals surface area contributed by atoms with Crippen LogP contribution < -0.4 is 0 Å². The molecule has 1 saturated heterocycles. The minimum absolute atomic E-state index is 0.0625. The van der Waals surface area contributed by atoms with Gasteiger partial charge in [-0.2, -0.15) is 0 Å². The van der Waals surface area contributed by atoms with Crippen LogP contribution in [-0.4, -0.2) is 39.9 Å². The SMILES string of the molecule is C[C@]12CCC(=O)CC1CC[C@H]1[C@@H]3CC[C@](O)(C(=O)CCl)[C@@]3(C)CC3O[C@]312. The Labute approximate surface area is 160 Å². The molecule has 0 aromatic rings. The quantitative estimate of drug-likeness (QED) is 0.589. The molecule has 4 nitrogen and oxygen atoms in total. The summed E-state index contributed by atoms with van der Waals surface area (Å²) >= 11 is 5.85. The second kappa shape index (κ2) is 5.12. The van der Waals surface area contributed by atoms with Gasteiger partial charge in [-0.3, -0.25) is 9.59 Å². The molecule has 1 aliphatic heterocycles. The first-order valence-electron chi connectivity index (χ1n) is 10.2. The third-order valence-electron chi connectivity index (χ3n) is 9.58. The van der Waals surface area contributed by atoms with Gasteiger partial charge in [0.05, 0.1) is 12.0 Å². The highest BCUT2D eigenvalue weighted by molar-refractivity contribution is 6.29. The highest BCUT2D eigenvalue weighted by Crippen LogP contribution is 2.76. The van der Waals surface area contributed by atoms with Gasteiger partial charge in [0, 0.05) is 23.7 Å². The molecule has 5 heteroatoms. The molecular weight excluding hydrogens is 352 g/mol. The number of Topliss-reactive ketones (excluding diaryl/α,β-unsaturated/α-hetero) is 2. The Hall–Kier alpha value is -0.450. The lowest BCUT2D eigenvalue weighted by Gasteiger charge is -2.58. The Bertz CT molecular complexity index is 693. The fourth-order valence-corrected chi connectivity index (χ4v) is 8.30. The molecule has 0 bridgehead atoms. The van der Waals surface area contributed by atoms with Crippen molar-refractivity contribution in [1.29, 1.82) is 0 Å². The van der Waals surface area contributed by atoms with Gasteiger partial charge in [-0.1, -0.05) is 13.8 Å². The maximum atomic E-state index is 12.5. The van der Waals surface area contributed by atoms with E-state index in [1.165, 1.54) is 0 Å². The molecule has 5 rings (SSSR count). The van der Waals surface area contributed by atoms with Gasteiger partial charge in [-0.05, 0) is 56.3 Å². The summed E-state index contributed by atoms with van der Waals surface area (Å²) in [5, 5.41) is 11.3. The Morgan fingerprint density at radius 2 is 1.96 bits per heavy atom. The summed E-state index contributed by atoms with van der Waals surface area (Å²) in [5.74, 6) is 1.18. The predicted octanol–water partition coefficient (Wildman–Crippen LogP) is 3.27. The first-order valence-corrected chi connectivity index (χ1v) is 10.8. The summed E-state index contributed by atoms with van der Waals surface area (Å²) in [7, 11) is 0. The Kier molecular flexibility index (Phi) is 3.48. The van der Waals surface area contributed by atoms with E-state index in [0.717, 1.165) is 32.1 Å². The molecule has 1 heterocycles. The van der Waals surface area contributed by atoms with E-state index in [1.54, 1.807) is 0 Å². The lowest BCUT2D eigenvalue weighted by molar-refractivity contribution is -0.161. The monoisotopic (exact) mass is 380 g/mol. The third-order valence-corrected chi connectivity index (χ3v) is 9.83. The number of hydrogen-bond acceptors (Lipinski definition) is 4. The van der Waals surface area contributed by atoms with E-state index in [4.69, 9.17) is 16.3 Å². The highest BCUT2D eigenvalue weighted by Gasteiger charge is 2.81. The topological polar surface area (TPSA) is 66.9 Å². The average Bonchev–Trinajstić information content (AvgIpc) is 3.27. The summed E-state index contributed by atoms with van der Waals surface area (Å²) in [5.41, 5.74) is -1.82. The van der Waals surface area contributed by atoms with Crippen LogP contribution in [0, 0.1) is 28.6 Å². The summed E-state index contributed by atoms with van der Waals surface area (Å²) in [6, 6.07) is 0. The van der Waals surface area contributed by atoms with Crippen molar-refractivity contribution in [2.75, 3.05) is 5.88 Å². The molecule has 26 heavy (non-hydrogen) atoms. The second-order valence-corrected chi connectivity index (χ2v) is 10.4. The van der Waals surface area contributed by atoms with E-state index in [-0.39, 0.29) is 28.8 Å². The van der Waals surface area contributed by atoms with Crippen LogP contribution in [0.25, 0.3) is 0 Å². The van der Waals surface area contributed by atoms with Crippen LogP contribution in [0.15, 0.2) is 0 Å². The number of epoxide rings is 1. The van der Waals surface area contributed by atoms with Gasteiger partial charge < -0.3 is 9.84 Å². The smallest absolute Gasteiger partial charge is 0.179 e. The molecule has 1 spiro atoms. The van der Waals surface area contributed by atoms with E-state index < -0.39 is 11.0 Å². The van der Waals surface area contributed by atoms with Gasteiger partial charge in [0.1, 0.15) is 17.0 Å². The molecular formula is C21H29ClO4. The molecule has 0 radical (unpaired) electrons. The predicted molar refractivity (Wildman–Crippen MR) is 96.9 cm³/mol. The molecule has 1 N–H and O–H groups in total. The Morgan fingerprint density at radius 3 is 2.69 bits per heavy atom. The van der Waals surface area contributed by atoms with Crippen molar-refractivity contribution in [1.82, 2.24) is 0 Å². The minimum Gasteiger partial charge on any atom is -0.381 e. The number of aliphatic hydroxyl groups is 1. The molecule has 4 saturated carbocycles. The number of ether oxygens (including phenoxy) is 1. The van der Waals surface area contributed by atoms with E-state index in [2.05, 4.69) is 13.8 Å². The van der Waals surface area contributed by atoms with Crippen LogP contribution in [0.2, 0.25) is 0 Å².